The van der Waals surface area contributed by atoms with Crippen LogP contribution < -0.4 is 9.47 Å². The highest BCUT2D eigenvalue weighted by Crippen LogP contribution is 2.69. The van der Waals surface area contributed by atoms with Crippen LogP contribution in [0, 0.1) is 40.4 Å². The average Bonchev–Trinajstić information content (AvgIpc) is 3.30. The number of fused-ring (bicyclic) bond motifs is 3. The van der Waals surface area contributed by atoms with Crippen molar-refractivity contribution in [1.29, 1.82) is 10.5 Å². The Labute approximate surface area is 219 Å². The molecule has 9 heteroatoms. The lowest BCUT2D eigenvalue weighted by Gasteiger charge is -2.44. The van der Waals surface area contributed by atoms with E-state index in [2.05, 4.69) is 17.1 Å². The molecule has 2 N–H and O–H groups in total. The Morgan fingerprint density at radius 2 is 1.97 bits per heavy atom. The predicted octanol–water partition coefficient (Wildman–Crippen LogP) is 2.70. The van der Waals surface area contributed by atoms with Gasteiger partial charge in [-0.3, -0.25) is 4.90 Å². The Bertz CT molecular complexity index is 1410. The van der Waals surface area contributed by atoms with Crippen LogP contribution in [0.1, 0.15) is 28.8 Å². The number of halogens is 1. The molecule has 4 aliphatic rings. The van der Waals surface area contributed by atoms with Crippen molar-refractivity contribution in [3.05, 3.63) is 77.0 Å². The number of pyridine rings is 1. The zero-order valence-electron chi connectivity index (χ0n) is 20.8. The largest absolute Gasteiger partial charge is 0.481 e. The summed E-state index contributed by atoms with van der Waals surface area (Å²) in [7, 11) is 1.39. The summed E-state index contributed by atoms with van der Waals surface area (Å²) in [5.41, 5.74) is -2.25. The highest BCUT2D eigenvalue weighted by atomic mass is 19.1. The lowest BCUT2D eigenvalue weighted by atomic mass is 9.67. The van der Waals surface area contributed by atoms with Gasteiger partial charge in [-0.15, -0.1) is 0 Å². The van der Waals surface area contributed by atoms with E-state index in [1.54, 1.807) is 24.3 Å². The molecule has 6 rings (SSSR count). The molecule has 2 aromatic rings. The molecule has 2 fully saturated rings. The third-order valence-electron chi connectivity index (χ3n) is 8.54. The van der Waals surface area contributed by atoms with Crippen molar-refractivity contribution in [2.75, 3.05) is 26.7 Å². The lowest BCUT2D eigenvalue weighted by molar-refractivity contribution is -0.161. The van der Waals surface area contributed by atoms with Crippen molar-refractivity contribution in [3.8, 4) is 23.8 Å². The second kappa shape index (κ2) is 8.92. The monoisotopic (exact) mass is 514 g/mol. The Balaban J connectivity index is 1.61. The molecule has 8 nitrogen and oxygen atoms in total. The number of alkyl halides is 1. The van der Waals surface area contributed by atoms with E-state index in [9.17, 15) is 25.1 Å². The third-order valence-corrected chi connectivity index (χ3v) is 8.54. The minimum absolute atomic E-state index is 0.00220. The molecule has 3 heterocycles. The molecule has 6 atom stereocenters. The van der Waals surface area contributed by atoms with Gasteiger partial charge in [0.2, 0.25) is 5.88 Å². The first-order valence-electron chi connectivity index (χ1n) is 12.7. The maximum absolute atomic E-state index is 13.8. The molecule has 1 unspecified atom stereocenters. The highest BCUT2D eigenvalue weighted by Gasteiger charge is 2.77. The van der Waals surface area contributed by atoms with E-state index in [4.69, 9.17) is 9.47 Å². The minimum Gasteiger partial charge on any atom is -0.481 e. The summed E-state index contributed by atoms with van der Waals surface area (Å²) in [4.78, 5) is 6.22. The average molecular weight is 515 g/mol. The topological polar surface area (TPSA) is 123 Å². The molecule has 1 aromatic heterocycles. The molecule has 0 amide bonds. The summed E-state index contributed by atoms with van der Waals surface area (Å²) in [5, 5.41) is 43.9. The van der Waals surface area contributed by atoms with E-state index in [-0.39, 0.29) is 41.9 Å². The summed E-state index contributed by atoms with van der Waals surface area (Å²) >= 11 is 0. The number of hydrogen-bond donors (Lipinski definition) is 2. The van der Waals surface area contributed by atoms with E-state index in [0.717, 1.165) is 0 Å². The lowest BCUT2D eigenvalue weighted by Crippen LogP contribution is -2.53. The van der Waals surface area contributed by atoms with Crippen molar-refractivity contribution in [2.24, 2.45) is 17.8 Å². The maximum atomic E-state index is 13.8. The molecule has 194 valence electrons. The van der Waals surface area contributed by atoms with Crippen LogP contribution in [0.4, 0.5) is 4.39 Å². The van der Waals surface area contributed by atoms with Crippen LogP contribution in [0.25, 0.3) is 0 Å². The van der Waals surface area contributed by atoms with Gasteiger partial charge in [0.05, 0.1) is 30.4 Å². The van der Waals surface area contributed by atoms with Gasteiger partial charge in [0.25, 0.3) is 0 Å². The van der Waals surface area contributed by atoms with Crippen LogP contribution in [0.5, 0.6) is 11.6 Å². The number of hydrogen-bond acceptors (Lipinski definition) is 8. The van der Waals surface area contributed by atoms with E-state index in [1.807, 2.05) is 29.2 Å². The Morgan fingerprint density at radius 3 is 2.58 bits per heavy atom. The Kier molecular flexibility index (Phi) is 5.77. The normalized spacial score (nSPS) is 33.5. The molecular weight excluding hydrogens is 487 g/mol. The van der Waals surface area contributed by atoms with Crippen molar-refractivity contribution in [2.45, 2.75) is 29.9 Å². The molecular formula is C29H27FN4O4. The van der Waals surface area contributed by atoms with E-state index in [0.29, 0.717) is 24.1 Å². The molecule has 0 radical (unpaired) electrons. The summed E-state index contributed by atoms with van der Waals surface area (Å²) in [6, 6.07) is 12.4. The SMILES string of the molecule is COc1nc(C#N)cc2c1[C@]1(O)[C@H](O)[C@H](CN3CC(F)C3)[C@@H](C3C=CC=CC3)[C@]1(c1ccc(C#N)cc1)O2. The highest BCUT2D eigenvalue weighted by molar-refractivity contribution is 5.59. The summed E-state index contributed by atoms with van der Waals surface area (Å²) in [6.45, 7) is 0.907. The number of benzene rings is 1. The van der Waals surface area contributed by atoms with Gasteiger partial charge in [-0.25, -0.2) is 9.37 Å². The van der Waals surface area contributed by atoms with Crippen molar-refractivity contribution < 1.29 is 24.1 Å². The van der Waals surface area contributed by atoms with Gasteiger partial charge in [-0.2, -0.15) is 10.5 Å². The molecule has 2 aliphatic carbocycles. The van der Waals surface area contributed by atoms with E-state index >= 15 is 0 Å². The van der Waals surface area contributed by atoms with Crippen LogP contribution in [-0.2, 0) is 11.2 Å². The number of methoxy groups -OCH3 is 1. The number of aliphatic hydroxyl groups is 2. The van der Waals surface area contributed by atoms with Gasteiger partial charge in [0, 0.05) is 37.5 Å². The third kappa shape index (κ3) is 3.26. The standard InChI is InChI=1S/C29H27FN4O4/c1-37-27-25-23(11-21(13-32)33-27)38-29(19-9-7-17(12-31)8-10-19)24(18-5-3-2-4-6-18)22(26(35)28(25,29)36)16-34-14-20(30)15-34/h2-5,7-11,18,20,22,24,26,35-36H,6,14-16H2,1H3/t18?,22-,24-,26-,28+,29+/m1/s1. The van der Waals surface area contributed by atoms with Gasteiger partial charge in [0.1, 0.15) is 23.7 Å². The molecule has 1 saturated carbocycles. The summed E-state index contributed by atoms with van der Waals surface area (Å²) in [6.07, 6.45) is 6.41. The summed E-state index contributed by atoms with van der Waals surface area (Å²) < 4.78 is 26.1. The van der Waals surface area contributed by atoms with Gasteiger partial charge >= 0.3 is 0 Å². The maximum Gasteiger partial charge on any atom is 0.224 e. The van der Waals surface area contributed by atoms with Crippen molar-refractivity contribution in [1.82, 2.24) is 9.88 Å². The van der Waals surface area contributed by atoms with Crippen molar-refractivity contribution in [3.63, 3.8) is 0 Å². The minimum atomic E-state index is -2.01. The summed E-state index contributed by atoms with van der Waals surface area (Å²) in [5.74, 6) is -0.876. The molecule has 1 aromatic carbocycles. The van der Waals surface area contributed by atoms with E-state index in [1.165, 1.54) is 13.2 Å². The van der Waals surface area contributed by atoms with Gasteiger partial charge in [0.15, 0.2) is 11.2 Å². The Hall–Kier alpha value is -3.76. The Morgan fingerprint density at radius 1 is 1.21 bits per heavy atom. The van der Waals surface area contributed by atoms with Crippen LogP contribution in [-0.4, -0.2) is 59.1 Å². The molecule has 38 heavy (non-hydrogen) atoms. The van der Waals surface area contributed by atoms with Gasteiger partial charge < -0.3 is 19.7 Å². The molecule has 1 saturated heterocycles. The first-order chi connectivity index (χ1) is 18.4. The fourth-order valence-electron chi connectivity index (χ4n) is 6.99. The van der Waals surface area contributed by atoms with Crippen LogP contribution in [0.2, 0.25) is 0 Å². The quantitative estimate of drug-likeness (QED) is 0.625. The number of rotatable bonds is 5. The second-order valence-electron chi connectivity index (χ2n) is 10.5. The smallest absolute Gasteiger partial charge is 0.224 e. The number of allylic oxidation sites excluding steroid dienone is 4. The predicted molar refractivity (Wildman–Crippen MR) is 134 cm³/mol. The number of ether oxygens (including phenoxy) is 2. The fourth-order valence-corrected chi connectivity index (χ4v) is 6.99. The van der Waals surface area contributed by atoms with Crippen LogP contribution >= 0.6 is 0 Å². The molecule has 0 bridgehead atoms. The number of nitriles is 2. The fraction of sp³-hybridized carbons (Fsp3) is 0.414. The number of likely N-dealkylation sites (tertiary alicyclic amines) is 1. The first-order valence-corrected chi connectivity index (χ1v) is 12.7. The first kappa shape index (κ1) is 24.6. The number of aromatic nitrogens is 1. The van der Waals surface area contributed by atoms with Gasteiger partial charge in [-0.1, -0.05) is 36.4 Å². The zero-order valence-corrected chi connectivity index (χ0v) is 20.8. The second-order valence-corrected chi connectivity index (χ2v) is 10.5. The zero-order chi connectivity index (χ0) is 26.7. The van der Waals surface area contributed by atoms with Crippen LogP contribution in [0.15, 0.2) is 54.6 Å². The van der Waals surface area contributed by atoms with Crippen LogP contribution in [0.3, 0.4) is 0 Å². The number of aliphatic hydroxyl groups excluding tert-OH is 1. The number of nitrogens with zero attached hydrogens (tertiary/aromatic N) is 4. The molecule has 0 spiro atoms. The van der Waals surface area contributed by atoms with E-state index < -0.39 is 35.3 Å². The van der Waals surface area contributed by atoms with Crippen molar-refractivity contribution >= 4 is 0 Å². The molecule has 2 aliphatic heterocycles. The van der Waals surface area contributed by atoms with Gasteiger partial charge in [-0.05, 0) is 30.0 Å².